The molecule has 0 amide bonds. The molecule has 1 heteroatoms. The zero-order valence-corrected chi connectivity index (χ0v) is 4.77. The monoisotopic (exact) mass is 178 g/mol. The number of rotatable bonds is 0. The summed E-state index contributed by atoms with van der Waals surface area (Å²) >= 11 is 2.32. The van der Waals surface area contributed by atoms with Crippen molar-refractivity contribution in [3.63, 3.8) is 0 Å². The van der Waals surface area contributed by atoms with Crippen LogP contribution in [0.25, 0.3) is 0 Å². The van der Waals surface area contributed by atoms with E-state index < -0.39 is 0 Å². The van der Waals surface area contributed by atoms with Crippen molar-refractivity contribution in [1.29, 1.82) is 0 Å². The van der Waals surface area contributed by atoms with Crippen molar-refractivity contribution in [2.45, 2.75) is 3.92 Å². The normalized spacial score (nSPS) is 19.4. The first-order valence-corrected chi connectivity index (χ1v) is 2.71. The Morgan fingerprint density at radius 2 is 2.00 bits per heavy atom. The molecule has 0 aromatic rings. The van der Waals surface area contributed by atoms with Gasteiger partial charge in [0.25, 0.3) is 0 Å². The molecule has 0 radical (unpaired) electrons. The molecule has 0 unspecified atom stereocenters. The lowest BCUT2D eigenvalue weighted by atomic mass is 10.3. The van der Waals surface area contributed by atoms with Gasteiger partial charge in [0.2, 0.25) is 0 Å². The van der Waals surface area contributed by atoms with Gasteiger partial charge >= 0.3 is 0 Å². The fraction of sp³-hybridized carbons (Fsp3) is 0.250. The summed E-state index contributed by atoms with van der Waals surface area (Å²) in [4.78, 5) is 0. The molecule has 0 fully saturated rings. The van der Waals surface area contributed by atoms with Crippen molar-refractivity contribution in [1.82, 2.24) is 0 Å². The van der Waals surface area contributed by atoms with E-state index in [9.17, 15) is 0 Å². The highest BCUT2D eigenvalue weighted by Crippen LogP contribution is 2.07. The average Bonchev–Trinajstić information content (AvgIpc) is 1.30. The highest BCUT2D eigenvalue weighted by molar-refractivity contribution is 14.1. The summed E-state index contributed by atoms with van der Waals surface area (Å²) in [6.07, 6.45) is 4.06. The molecule has 0 saturated heterocycles. The van der Waals surface area contributed by atoms with Gasteiger partial charge in [-0.2, -0.15) is 0 Å². The first-order chi connectivity index (χ1) is 2.39. The van der Waals surface area contributed by atoms with Crippen LogP contribution >= 0.6 is 22.6 Å². The molecule has 0 saturated carbocycles. The Bertz CT molecular complexity index is 79.8. The summed E-state index contributed by atoms with van der Waals surface area (Å²) in [6.45, 7) is 0. The summed E-state index contributed by atoms with van der Waals surface area (Å²) in [5.41, 5.74) is 2.90. The van der Waals surface area contributed by atoms with Gasteiger partial charge in [-0.15, -0.1) is 5.73 Å². The molecule has 0 spiro atoms. The minimum absolute atomic E-state index is 0.674. The number of halogens is 1. The fourth-order valence-electron chi connectivity index (χ4n) is 0.169. The van der Waals surface area contributed by atoms with Gasteiger partial charge in [-0.25, -0.2) is 0 Å². The molecule has 5 heavy (non-hydrogen) atoms. The van der Waals surface area contributed by atoms with E-state index in [1.165, 1.54) is 0 Å². The number of hydrogen-bond donors (Lipinski definition) is 0. The lowest BCUT2D eigenvalue weighted by molar-refractivity contribution is 1.42. The van der Waals surface area contributed by atoms with Gasteiger partial charge in [-0.3, -0.25) is 0 Å². The summed E-state index contributed by atoms with van der Waals surface area (Å²) in [6, 6.07) is 0. The second kappa shape index (κ2) is 1.15. The first kappa shape index (κ1) is 3.44. The standard InChI is InChI=1S/C4H3I/c5-4-2-1-3-4/h2-4H. The Kier molecular flexibility index (Phi) is 0.791. The zero-order valence-electron chi connectivity index (χ0n) is 2.61. The highest BCUT2D eigenvalue weighted by Gasteiger charge is 1.93. The van der Waals surface area contributed by atoms with E-state index in [0.29, 0.717) is 3.92 Å². The summed E-state index contributed by atoms with van der Waals surface area (Å²) in [5.74, 6) is 0. The molecule has 0 N–H and O–H groups in total. The molecule has 0 aromatic carbocycles. The van der Waals surface area contributed by atoms with Crippen molar-refractivity contribution in [3.8, 4) is 0 Å². The smallest absolute Gasteiger partial charge is 0.0617 e. The Labute approximate surface area is 44.7 Å². The number of allylic oxidation sites excluding steroid dienone is 1. The van der Waals surface area contributed by atoms with Gasteiger partial charge in [0.05, 0.1) is 3.92 Å². The van der Waals surface area contributed by atoms with Crippen molar-refractivity contribution in [2.24, 2.45) is 0 Å². The number of alkyl halides is 1. The Morgan fingerprint density at radius 3 is 2.00 bits per heavy atom. The minimum Gasteiger partial charge on any atom is -0.127 e. The second-order valence-corrected chi connectivity index (χ2v) is 2.38. The third kappa shape index (κ3) is 0.551. The SMILES string of the molecule is IC1C=C=C1. The topological polar surface area (TPSA) is 0 Å². The average molecular weight is 178 g/mol. The minimum atomic E-state index is 0.674. The van der Waals surface area contributed by atoms with Crippen LogP contribution < -0.4 is 0 Å². The maximum atomic E-state index is 2.90. The van der Waals surface area contributed by atoms with Gasteiger partial charge in [0, 0.05) is 0 Å². The van der Waals surface area contributed by atoms with E-state index >= 15 is 0 Å². The molecule has 1 aliphatic carbocycles. The molecule has 26 valence electrons. The maximum Gasteiger partial charge on any atom is 0.0617 e. The largest absolute Gasteiger partial charge is 0.127 e. The lowest BCUT2D eigenvalue weighted by Crippen LogP contribution is -1.87. The third-order valence-electron chi connectivity index (χ3n) is 0.511. The van der Waals surface area contributed by atoms with E-state index in [-0.39, 0.29) is 0 Å². The molecule has 0 bridgehead atoms. The first-order valence-electron chi connectivity index (χ1n) is 1.46. The molecule has 1 rings (SSSR count). The van der Waals surface area contributed by atoms with Gasteiger partial charge < -0.3 is 0 Å². The molecule has 0 nitrogen and oxygen atoms in total. The molecule has 1 aliphatic rings. The van der Waals surface area contributed by atoms with Crippen molar-refractivity contribution >= 4 is 22.6 Å². The van der Waals surface area contributed by atoms with E-state index in [0.717, 1.165) is 0 Å². The van der Waals surface area contributed by atoms with Crippen molar-refractivity contribution in [3.05, 3.63) is 17.9 Å². The maximum absolute atomic E-state index is 2.90. The number of hydrogen-bond acceptors (Lipinski definition) is 0. The summed E-state index contributed by atoms with van der Waals surface area (Å²) < 4.78 is 0.674. The van der Waals surface area contributed by atoms with Crippen LogP contribution in [0.2, 0.25) is 0 Å². The van der Waals surface area contributed by atoms with E-state index in [2.05, 4.69) is 28.3 Å². The Hall–Kier alpha value is 0.250. The van der Waals surface area contributed by atoms with Gasteiger partial charge in [-0.1, -0.05) is 22.6 Å². The van der Waals surface area contributed by atoms with E-state index in [4.69, 9.17) is 0 Å². The van der Waals surface area contributed by atoms with Crippen molar-refractivity contribution in [2.75, 3.05) is 0 Å². The molecule has 0 atom stereocenters. The van der Waals surface area contributed by atoms with Crippen molar-refractivity contribution < 1.29 is 0 Å². The highest BCUT2D eigenvalue weighted by atomic mass is 127. The summed E-state index contributed by atoms with van der Waals surface area (Å²) in [5, 5.41) is 0. The Balaban J connectivity index is 2.60. The van der Waals surface area contributed by atoms with Crippen LogP contribution in [-0.2, 0) is 0 Å². The van der Waals surface area contributed by atoms with Crippen LogP contribution in [0.3, 0.4) is 0 Å². The zero-order chi connectivity index (χ0) is 3.70. The van der Waals surface area contributed by atoms with Crippen LogP contribution in [0.5, 0.6) is 0 Å². The van der Waals surface area contributed by atoms with Crippen LogP contribution in [0.4, 0.5) is 0 Å². The van der Waals surface area contributed by atoms with Crippen LogP contribution in [0.15, 0.2) is 17.9 Å². The predicted octanol–water partition coefficient (Wildman–Crippen LogP) is 1.51. The molecule has 0 heterocycles. The van der Waals surface area contributed by atoms with E-state index in [1.807, 2.05) is 12.2 Å². The van der Waals surface area contributed by atoms with Gasteiger partial charge in [0.1, 0.15) is 0 Å². The predicted molar refractivity (Wildman–Crippen MR) is 30.5 cm³/mol. The molecule has 0 aliphatic heterocycles. The van der Waals surface area contributed by atoms with Crippen LogP contribution in [-0.4, -0.2) is 3.92 Å². The molecular weight excluding hydrogens is 175 g/mol. The lowest BCUT2D eigenvalue weighted by Gasteiger charge is -1.94. The fourth-order valence-corrected chi connectivity index (χ4v) is 0.584. The van der Waals surface area contributed by atoms with Gasteiger partial charge in [0.15, 0.2) is 0 Å². The second-order valence-electron chi connectivity index (χ2n) is 0.944. The van der Waals surface area contributed by atoms with Crippen LogP contribution in [0.1, 0.15) is 0 Å². The molecular formula is C4H3I. The van der Waals surface area contributed by atoms with Crippen LogP contribution in [0, 0.1) is 0 Å². The summed E-state index contributed by atoms with van der Waals surface area (Å²) in [7, 11) is 0. The van der Waals surface area contributed by atoms with Gasteiger partial charge in [-0.05, 0) is 12.2 Å². The quantitative estimate of drug-likeness (QED) is 0.299. The van der Waals surface area contributed by atoms with E-state index in [1.54, 1.807) is 0 Å². The molecule has 0 aromatic heterocycles. The third-order valence-corrected chi connectivity index (χ3v) is 1.23. The Morgan fingerprint density at radius 1 is 1.60 bits per heavy atom.